The Labute approximate surface area is 98.9 Å². The van der Waals surface area contributed by atoms with Crippen molar-refractivity contribution in [3.05, 3.63) is 42.0 Å². The maximum atomic E-state index is 12.2. The summed E-state index contributed by atoms with van der Waals surface area (Å²) in [6.45, 7) is -1.81. The molecule has 2 nitrogen and oxygen atoms in total. The molecule has 0 fully saturated rings. The molecule has 0 radical (unpaired) electrons. The second-order valence-corrected chi connectivity index (χ2v) is 3.41. The van der Waals surface area contributed by atoms with E-state index in [1.54, 1.807) is 12.2 Å². The molecule has 1 aromatic rings. The van der Waals surface area contributed by atoms with Crippen LogP contribution in [-0.4, -0.2) is 25.4 Å². The average Bonchev–Trinajstić information content (AvgIpc) is 2.37. The van der Waals surface area contributed by atoms with Crippen LogP contribution in [0.5, 0.6) is 0 Å². The van der Waals surface area contributed by atoms with Crippen LogP contribution in [0.3, 0.4) is 0 Å². The third-order valence-electron chi connectivity index (χ3n) is 2.09. The first-order valence-corrected chi connectivity index (χ1v) is 5.31. The van der Waals surface area contributed by atoms with Gasteiger partial charge in [-0.05, 0) is 11.6 Å². The van der Waals surface area contributed by atoms with Gasteiger partial charge in [0, 0.05) is 6.42 Å². The molecular formula is C13H14F2O2. The molecule has 0 aromatic heterocycles. The van der Waals surface area contributed by atoms with Crippen molar-refractivity contribution in [2.75, 3.05) is 13.3 Å². The summed E-state index contributed by atoms with van der Waals surface area (Å²) in [5.41, 5.74) is 0.910. The van der Waals surface area contributed by atoms with Crippen molar-refractivity contribution >= 4 is 12.0 Å². The third kappa shape index (κ3) is 5.24. The van der Waals surface area contributed by atoms with Crippen molar-refractivity contribution in [1.82, 2.24) is 0 Å². The summed E-state index contributed by atoms with van der Waals surface area (Å²) >= 11 is 0. The normalized spacial score (nSPS) is 12.6. The Morgan fingerprint density at radius 2 is 2.00 bits per heavy atom. The highest BCUT2D eigenvalue weighted by molar-refractivity contribution is 5.71. The highest BCUT2D eigenvalue weighted by Gasteiger charge is 2.10. The van der Waals surface area contributed by atoms with Gasteiger partial charge in [-0.3, -0.25) is 4.39 Å². The summed E-state index contributed by atoms with van der Waals surface area (Å²) in [5.74, 6) is -0.971. The number of alkyl halides is 2. The summed E-state index contributed by atoms with van der Waals surface area (Å²) in [4.78, 5) is 10.8. The van der Waals surface area contributed by atoms with Gasteiger partial charge in [0.2, 0.25) is 0 Å². The van der Waals surface area contributed by atoms with Gasteiger partial charge in [0.1, 0.15) is 6.10 Å². The lowest BCUT2D eigenvalue weighted by molar-refractivity contribution is -0.148. The number of esters is 1. The van der Waals surface area contributed by atoms with Crippen LogP contribution < -0.4 is 0 Å². The van der Waals surface area contributed by atoms with Crippen molar-refractivity contribution in [1.29, 1.82) is 0 Å². The average molecular weight is 240 g/mol. The largest absolute Gasteiger partial charge is 0.456 e. The van der Waals surface area contributed by atoms with E-state index in [2.05, 4.69) is 0 Å². The summed E-state index contributed by atoms with van der Waals surface area (Å²) in [7, 11) is 0. The van der Waals surface area contributed by atoms with Crippen LogP contribution in [0.15, 0.2) is 36.4 Å². The van der Waals surface area contributed by atoms with Crippen LogP contribution >= 0.6 is 0 Å². The smallest absolute Gasteiger partial charge is 0.338 e. The van der Waals surface area contributed by atoms with Gasteiger partial charge in [0.15, 0.2) is 6.67 Å². The summed E-state index contributed by atoms with van der Waals surface area (Å²) in [5, 5.41) is 0. The number of carbonyl (C=O) groups is 1. The van der Waals surface area contributed by atoms with Crippen LogP contribution in [0.4, 0.5) is 8.78 Å². The van der Waals surface area contributed by atoms with E-state index in [0.717, 1.165) is 5.56 Å². The van der Waals surface area contributed by atoms with Gasteiger partial charge in [0.25, 0.3) is 0 Å². The third-order valence-corrected chi connectivity index (χ3v) is 2.09. The zero-order chi connectivity index (χ0) is 12.5. The fourth-order valence-electron chi connectivity index (χ4n) is 1.28. The highest BCUT2D eigenvalue weighted by Crippen LogP contribution is 2.07. The van der Waals surface area contributed by atoms with E-state index < -0.39 is 25.4 Å². The number of hydrogen-bond acceptors (Lipinski definition) is 2. The van der Waals surface area contributed by atoms with Gasteiger partial charge in [-0.1, -0.05) is 36.4 Å². The Balaban J connectivity index is 2.59. The van der Waals surface area contributed by atoms with Crippen molar-refractivity contribution in [2.45, 2.75) is 12.5 Å². The van der Waals surface area contributed by atoms with Gasteiger partial charge in [-0.2, -0.15) is 0 Å². The number of rotatable bonds is 6. The number of hydrogen-bond donors (Lipinski definition) is 0. The Bertz CT molecular complexity index is 363. The van der Waals surface area contributed by atoms with E-state index in [1.165, 1.54) is 0 Å². The van der Waals surface area contributed by atoms with E-state index in [-0.39, 0.29) is 6.42 Å². The van der Waals surface area contributed by atoms with E-state index in [1.807, 2.05) is 30.3 Å². The van der Waals surface area contributed by atoms with Crippen LogP contribution in [-0.2, 0) is 9.53 Å². The standard InChI is InChI=1S/C13H14F2O2/c14-9-8-12(17-13(16)10-15)7-6-11-4-2-1-3-5-11/h1-7,12H,8-10H2/b7-6+. The van der Waals surface area contributed by atoms with Crippen LogP contribution in [0.25, 0.3) is 6.08 Å². The van der Waals surface area contributed by atoms with Gasteiger partial charge < -0.3 is 4.74 Å². The number of ether oxygens (including phenoxy) is 1. The second-order valence-electron chi connectivity index (χ2n) is 3.41. The first-order valence-electron chi connectivity index (χ1n) is 5.31. The van der Waals surface area contributed by atoms with Crippen LogP contribution in [0.2, 0.25) is 0 Å². The molecule has 0 saturated heterocycles. The first-order chi connectivity index (χ1) is 8.26. The Kier molecular flexibility index (Phi) is 5.93. The lowest BCUT2D eigenvalue weighted by Crippen LogP contribution is -2.17. The van der Waals surface area contributed by atoms with Crippen LogP contribution in [0.1, 0.15) is 12.0 Å². The number of halogens is 2. The van der Waals surface area contributed by atoms with Crippen molar-refractivity contribution < 1.29 is 18.3 Å². The minimum absolute atomic E-state index is 0.0368. The molecule has 0 aliphatic carbocycles. The molecule has 0 heterocycles. The maximum Gasteiger partial charge on any atom is 0.338 e. The Hall–Kier alpha value is -1.71. The highest BCUT2D eigenvalue weighted by atomic mass is 19.1. The summed E-state index contributed by atoms with van der Waals surface area (Å²) in [6, 6.07) is 9.31. The molecule has 4 heteroatoms. The van der Waals surface area contributed by atoms with Gasteiger partial charge >= 0.3 is 5.97 Å². The lowest BCUT2D eigenvalue weighted by Gasteiger charge is -2.11. The van der Waals surface area contributed by atoms with E-state index in [0.29, 0.717) is 0 Å². The maximum absolute atomic E-state index is 12.2. The topological polar surface area (TPSA) is 26.3 Å². The van der Waals surface area contributed by atoms with E-state index in [9.17, 15) is 13.6 Å². The molecule has 1 rings (SSSR count). The van der Waals surface area contributed by atoms with E-state index >= 15 is 0 Å². The SMILES string of the molecule is O=C(CF)OC(/C=C/c1ccccc1)CCF. The monoisotopic (exact) mass is 240 g/mol. The Morgan fingerprint density at radius 1 is 1.29 bits per heavy atom. The van der Waals surface area contributed by atoms with Crippen LogP contribution in [0, 0.1) is 0 Å². The summed E-state index contributed by atoms with van der Waals surface area (Å²) < 4.78 is 28.9. The predicted octanol–water partition coefficient (Wildman–Crippen LogP) is 2.94. The minimum Gasteiger partial charge on any atom is -0.456 e. The molecule has 17 heavy (non-hydrogen) atoms. The fraction of sp³-hybridized carbons (Fsp3) is 0.308. The number of carbonyl (C=O) groups excluding carboxylic acids is 1. The molecule has 0 saturated carbocycles. The molecule has 0 amide bonds. The molecule has 0 aliphatic heterocycles. The second kappa shape index (κ2) is 7.54. The lowest BCUT2D eigenvalue weighted by atomic mass is 10.1. The predicted molar refractivity (Wildman–Crippen MR) is 61.9 cm³/mol. The molecule has 1 atom stereocenters. The molecule has 92 valence electrons. The first kappa shape index (κ1) is 13.4. The summed E-state index contributed by atoms with van der Waals surface area (Å²) in [6.07, 6.45) is 2.59. The zero-order valence-corrected chi connectivity index (χ0v) is 9.31. The van der Waals surface area contributed by atoms with Crippen molar-refractivity contribution in [2.24, 2.45) is 0 Å². The molecule has 0 aliphatic rings. The molecule has 0 bridgehead atoms. The zero-order valence-electron chi connectivity index (χ0n) is 9.31. The van der Waals surface area contributed by atoms with Crippen molar-refractivity contribution in [3.8, 4) is 0 Å². The fourth-order valence-corrected chi connectivity index (χ4v) is 1.28. The van der Waals surface area contributed by atoms with Gasteiger partial charge in [-0.15, -0.1) is 0 Å². The molecule has 1 aromatic carbocycles. The van der Waals surface area contributed by atoms with Crippen molar-refractivity contribution in [3.63, 3.8) is 0 Å². The molecule has 0 N–H and O–H groups in total. The molecule has 0 spiro atoms. The molecular weight excluding hydrogens is 226 g/mol. The van der Waals surface area contributed by atoms with Gasteiger partial charge in [0.05, 0.1) is 6.67 Å². The minimum atomic E-state index is -1.19. The van der Waals surface area contributed by atoms with Gasteiger partial charge in [-0.25, -0.2) is 9.18 Å². The van der Waals surface area contributed by atoms with E-state index in [4.69, 9.17) is 4.74 Å². The quantitative estimate of drug-likeness (QED) is 0.714. The number of benzene rings is 1. The molecule has 1 unspecified atom stereocenters. The Morgan fingerprint density at radius 3 is 2.59 bits per heavy atom.